The van der Waals surface area contributed by atoms with Crippen LogP contribution in [0.4, 0.5) is 17.1 Å². The van der Waals surface area contributed by atoms with E-state index in [-0.39, 0.29) is 0 Å². The molecule has 1 aromatic heterocycles. The fourth-order valence-corrected chi connectivity index (χ4v) is 9.61. The smallest absolute Gasteiger partial charge is 0.0540 e. The van der Waals surface area contributed by atoms with Crippen LogP contribution >= 0.6 is 11.3 Å². The van der Waals surface area contributed by atoms with Crippen LogP contribution in [0, 0.1) is 0 Å². The molecule has 0 unspecified atom stereocenters. The number of anilines is 3. The van der Waals surface area contributed by atoms with Gasteiger partial charge < -0.3 is 4.90 Å². The van der Waals surface area contributed by atoms with E-state index in [0.29, 0.717) is 0 Å². The lowest BCUT2D eigenvalue weighted by molar-refractivity contribution is 1.30. The highest BCUT2D eigenvalue weighted by molar-refractivity contribution is 7.25. The quantitative estimate of drug-likeness (QED) is 0.157. The zero-order valence-corrected chi connectivity index (χ0v) is 32.5. The maximum Gasteiger partial charge on any atom is 0.0540 e. The summed E-state index contributed by atoms with van der Waals surface area (Å²) in [6.07, 6.45) is 0. The van der Waals surface area contributed by atoms with E-state index < -0.39 is 0 Å². The first-order valence-electron chi connectivity index (χ1n) is 19.8. The number of thiophene rings is 1. The van der Waals surface area contributed by atoms with Gasteiger partial charge in [-0.15, -0.1) is 11.3 Å². The summed E-state index contributed by atoms with van der Waals surface area (Å²) in [6, 6.07) is 81.9. The Hall–Kier alpha value is -7.26. The van der Waals surface area contributed by atoms with Gasteiger partial charge in [0.05, 0.1) is 5.69 Å². The molecule has 0 aliphatic rings. The molecule has 58 heavy (non-hydrogen) atoms. The SMILES string of the molecule is c1ccc(-c2ccc3sc4ccc(-c5cccc(-c6ccc(N(c7ccc(-c8cccc9ccccc89)cc7)c7cccc8ccccc78)cc6)c5)cc4c3c2)cc1. The van der Waals surface area contributed by atoms with Gasteiger partial charge >= 0.3 is 0 Å². The second kappa shape index (κ2) is 14.4. The van der Waals surface area contributed by atoms with Crippen molar-refractivity contribution >= 4 is 70.1 Å². The van der Waals surface area contributed by atoms with Crippen LogP contribution < -0.4 is 4.90 Å². The van der Waals surface area contributed by atoms with Crippen molar-refractivity contribution < 1.29 is 0 Å². The maximum atomic E-state index is 2.39. The van der Waals surface area contributed by atoms with Crippen LogP contribution in [-0.2, 0) is 0 Å². The second-order valence-electron chi connectivity index (χ2n) is 14.9. The number of hydrogen-bond donors (Lipinski definition) is 0. The van der Waals surface area contributed by atoms with E-state index in [4.69, 9.17) is 0 Å². The molecule has 1 nitrogen and oxygen atoms in total. The van der Waals surface area contributed by atoms with E-state index >= 15 is 0 Å². The predicted molar refractivity (Wildman–Crippen MR) is 251 cm³/mol. The lowest BCUT2D eigenvalue weighted by Crippen LogP contribution is -2.10. The Bertz CT molecular complexity index is 3260. The molecule has 0 aliphatic carbocycles. The first kappa shape index (κ1) is 34.0. The monoisotopic (exact) mass is 755 g/mol. The molecule has 0 saturated carbocycles. The molecule has 0 aliphatic heterocycles. The van der Waals surface area contributed by atoms with Crippen LogP contribution in [0.2, 0.25) is 0 Å². The highest BCUT2D eigenvalue weighted by Crippen LogP contribution is 2.42. The van der Waals surface area contributed by atoms with Gasteiger partial charge in [0.25, 0.3) is 0 Å². The van der Waals surface area contributed by atoms with Crippen LogP contribution in [-0.4, -0.2) is 0 Å². The summed E-state index contributed by atoms with van der Waals surface area (Å²) >= 11 is 1.87. The molecule has 2 heteroatoms. The molecule has 0 saturated heterocycles. The van der Waals surface area contributed by atoms with Crippen molar-refractivity contribution in [3.8, 4) is 44.5 Å². The summed E-state index contributed by atoms with van der Waals surface area (Å²) in [5.74, 6) is 0. The molecule has 0 spiro atoms. The minimum atomic E-state index is 1.11. The normalized spacial score (nSPS) is 11.4. The molecule has 272 valence electrons. The molecule has 0 fully saturated rings. The van der Waals surface area contributed by atoms with Gasteiger partial charge in [0.2, 0.25) is 0 Å². The third kappa shape index (κ3) is 6.12. The molecule has 11 rings (SSSR count). The van der Waals surface area contributed by atoms with Gasteiger partial charge in [-0.05, 0) is 121 Å². The first-order valence-corrected chi connectivity index (χ1v) is 20.6. The third-order valence-corrected chi connectivity index (χ3v) is 12.6. The number of hydrogen-bond acceptors (Lipinski definition) is 2. The summed E-state index contributed by atoms with van der Waals surface area (Å²) in [5, 5.41) is 7.57. The van der Waals surface area contributed by atoms with E-state index in [0.717, 1.165) is 17.1 Å². The fourth-order valence-electron chi connectivity index (χ4n) is 8.55. The molecule has 0 N–H and O–H groups in total. The minimum Gasteiger partial charge on any atom is -0.310 e. The van der Waals surface area contributed by atoms with Gasteiger partial charge in [0.1, 0.15) is 0 Å². The first-order chi connectivity index (χ1) is 28.7. The van der Waals surface area contributed by atoms with E-state index in [1.807, 2.05) is 11.3 Å². The average Bonchev–Trinajstić information content (AvgIpc) is 3.67. The zero-order valence-electron chi connectivity index (χ0n) is 31.7. The van der Waals surface area contributed by atoms with Gasteiger partial charge in [-0.2, -0.15) is 0 Å². The van der Waals surface area contributed by atoms with Crippen molar-refractivity contribution in [2.75, 3.05) is 4.90 Å². The van der Waals surface area contributed by atoms with E-state index in [9.17, 15) is 0 Å². The van der Waals surface area contributed by atoms with Gasteiger partial charge in [-0.3, -0.25) is 0 Å². The summed E-state index contributed by atoms with van der Waals surface area (Å²) < 4.78 is 2.63. The largest absolute Gasteiger partial charge is 0.310 e. The van der Waals surface area contributed by atoms with Gasteiger partial charge in [0.15, 0.2) is 0 Å². The topological polar surface area (TPSA) is 3.24 Å². The Kier molecular flexibility index (Phi) is 8.42. The van der Waals surface area contributed by atoms with Crippen molar-refractivity contribution in [1.29, 1.82) is 0 Å². The van der Waals surface area contributed by atoms with E-state index in [2.05, 4.69) is 229 Å². The Morgan fingerprint density at radius 1 is 0.276 bits per heavy atom. The average molecular weight is 756 g/mol. The van der Waals surface area contributed by atoms with Gasteiger partial charge in [-0.1, -0.05) is 164 Å². The van der Waals surface area contributed by atoms with Crippen molar-refractivity contribution in [1.82, 2.24) is 0 Å². The van der Waals surface area contributed by atoms with Gasteiger partial charge in [-0.25, -0.2) is 0 Å². The molecular weight excluding hydrogens is 719 g/mol. The molecule has 10 aromatic carbocycles. The lowest BCUT2D eigenvalue weighted by Gasteiger charge is -2.27. The molecule has 1 heterocycles. The molecule has 0 atom stereocenters. The molecule has 0 bridgehead atoms. The van der Waals surface area contributed by atoms with E-state index in [1.54, 1.807) is 0 Å². The Morgan fingerprint density at radius 2 is 0.724 bits per heavy atom. The molecule has 0 amide bonds. The molecular formula is C56H37NS. The minimum absolute atomic E-state index is 1.11. The van der Waals surface area contributed by atoms with Crippen molar-refractivity contribution in [3.63, 3.8) is 0 Å². The number of rotatable bonds is 7. The summed E-state index contributed by atoms with van der Waals surface area (Å²) in [4.78, 5) is 2.39. The summed E-state index contributed by atoms with van der Waals surface area (Å²) in [5.41, 5.74) is 13.1. The highest BCUT2D eigenvalue weighted by Gasteiger charge is 2.17. The van der Waals surface area contributed by atoms with Gasteiger partial charge in [0, 0.05) is 36.9 Å². The van der Waals surface area contributed by atoms with Crippen LogP contribution in [0.25, 0.3) is 86.2 Å². The van der Waals surface area contributed by atoms with Crippen molar-refractivity contribution in [3.05, 3.63) is 224 Å². The third-order valence-electron chi connectivity index (χ3n) is 11.5. The maximum absolute atomic E-state index is 2.39. The van der Waals surface area contributed by atoms with Crippen LogP contribution in [0.5, 0.6) is 0 Å². The Labute approximate surface area is 342 Å². The van der Waals surface area contributed by atoms with Crippen molar-refractivity contribution in [2.24, 2.45) is 0 Å². The number of fused-ring (bicyclic) bond motifs is 5. The van der Waals surface area contributed by atoms with E-state index in [1.165, 1.54) is 86.2 Å². The standard InChI is InChI=1S/C56H37NS/c1-2-11-38(12-3-1)45-27-33-55-52(36-45)53-37-46(28-34-56(53)58-55)44-18-8-17-43(35-44)39-23-29-47(30-24-39)57(54-22-10-16-41-14-5-7-20-51(41)54)48-31-25-42(26-32-48)50-21-9-15-40-13-4-6-19-49(40)50/h1-37H. The van der Waals surface area contributed by atoms with Crippen LogP contribution in [0.1, 0.15) is 0 Å². The lowest BCUT2D eigenvalue weighted by atomic mass is 9.97. The summed E-state index contributed by atoms with van der Waals surface area (Å²) in [7, 11) is 0. The predicted octanol–water partition coefficient (Wildman–Crippen LogP) is 16.5. The number of benzene rings is 10. The molecule has 0 radical (unpaired) electrons. The highest BCUT2D eigenvalue weighted by atomic mass is 32.1. The van der Waals surface area contributed by atoms with Crippen LogP contribution in [0.3, 0.4) is 0 Å². The fraction of sp³-hybridized carbons (Fsp3) is 0. The number of nitrogens with zero attached hydrogens (tertiary/aromatic N) is 1. The van der Waals surface area contributed by atoms with Crippen LogP contribution in [0.15, 0.2) is 224 Å². The molecule has 11 aromatic rings. The second-order valence-corrected chi connectivity index (χ2v) is 16.0. The Morgan fingerprint density at radius 3 is 1.41 bits per heavy atom. The van der Waals surface area contributed by atoms with Crippen molar-refractivity contribution in [2.45, 2.75) is 0 Å². The Balaban J connectivity index is 0.951. The summed E-state index contributed by atoms with van der Waals surface area (Å²) in [6.45, 7) is 0. The zero-order chi connectivity index (χ0) is 38.4.